The van der Waals surface area contributed by atoms with Crippen LogP contribution in [0, 0.1) is 17.8 Å². The fourth-order valence-electron chi connectivity index (χ4n) is 2.43. The van der Waals surface area contributed by atoms with Crippen molar-refractivity contribution >= 4 is 5.91 Å². The fourth-order valence-corrected chi connectivity index (χ4v) is 2.43. The Kier molecular flexibility index (Phi) is 3.29. The van der Waals surface area contributed by atoms with Gasteiger partial charge >= 0.3 is 0 Å². The zero-order valence-electron chi connectivity index (χ0n) is 9.75. The second-order valence-corrected chi connectivity index (χ2v) is 5.29. The van der Waals surface area contributed by atoms with Crippen LogP contribution in [0.5, 0.6) is 0 Å². The molecule has 15 heavy (non-hydrogen) atoms. The second kappa shape index (κ2) is 4.52. The lowest BCUT2D eigenvalue weighted by molar-refractivity contribution is -0.126. The lowest BCUT2D eigenvalue weighted by Crippen LogP contribution is -2.42. The van der Waals surface area contributed by atoms with Gasteiger partial charge in [-0.25, -0.2) is 0 Å². The molecule has 4 atom stereocenters. The molecule has 1 saturated heterocycles. The van der Waals surface area contributed by atoms with Crippen LogP contribution in [0.25, 0.3) is 0 Å². The molecule has 0 radical (unpaired) electrons. The Labute approximate surface area is 92.0 Å². The molecule has 0 bridgehead atoms. The first-order valence-electron chi connectivity index (χ1n) is 6.18. The molecule has 1 heterocycles. The van der Waals surface area contributed by atoms with Gasteiger partial charge in [0.25, 0.3) is 0 Å². The number of rotatable bonds is 3. The Morgan fingerprint density at radius 2 is 2.13 bits per heavy atom. The average molecular weight is 210 g/mol. The maximum absolute atomic E-state index is 11.8. The Morgan fingerprint density at radius 3 is 2.73 bits per heavy atom. The van der Waals surface area contributed by atoms with Crippen LogP contribution in [0.1, 0.15) is 33.1 Å². The van der Waals surface area contributed by atoms with Crippen LogP contribution in [-0.2, 0) is 4.79 Å². The first kappa shape index (κ1) is 10.9. The number of carbonyl (C=O) groups is 1. The third-order valence-electron chi connectivity index (χ3n) is 3.81. The number of amides is 1. The topological polar surface area (TPSA) is 41.1 Å². The van der Waals surface area contributed by atoms with E-state index in [1.54, 1.807) is 0 Å². The molecule has 3 nitrogen and oxygen atoms in total. The predicted octanol–water partition coefficient (Wildman–Crippen LogP) is 1.15. The van der Waals surface area contributed by atoms with Crippen molar-refractivity contribution in [3.05, 3.63) is 0 Å². The largest absolute Gasteiger partial charge is 0.356 e. The van der Waals surface area contributed by atoms with Gasteiger partial charge in [0.15, 0.2) is 0 Å². The zero-order valence-corrected chi connectivity index (χ0v) is 9.75. The van der Waals surface area contributed by atoms with E-state index in [-0.39, 0.29) is 11.8 Å². The number of nitrogens with one attached hydrogen (secondary N) is 2. The van der Waals surface area contributed by atoms with Gasteiger partial charge in [-0.2, -0.15) is 0 Å². The highest BCUT2D eigenvalue weighted by molar-refractivity contribution is 5.78. The summed E-state index contributed by atoms with van der Waals surface area (Å²) in [6.07, 6.45) is 3.28. The highest BCUT2D eigenvalue weighted by atomic mass is 16.1. The third kappa shape index (κ3) is 2.94. The summed E-state index contributed by atoms with van der Waals surface area (Å²) in [7, 11) is 0. The standard InChI is InChI=1S/C12H22N2O/c1-8-5-11(8)7-14-12(15)10-3-4-13-9(2)6-10/h8-11,13H,3-7H2,1-2H3,(H,14,15)/t8?,9-,10-,11?/m0/s1. The molecule has 2 aliphatic rings. The van der Waals surface area contributed by atoms with E-state index in [2.05, 4.69) is 24.5 Å². The van der Waals surface area contributed by atoms with E-state index in [0.717, 1.165) is 37.8 Å². The molecule has 2 unspecified atom stereocenters. The first-order valence-corrected chi connectivity index (χ1v) is 6.18. The molecule has 2 fully saturated rings. The summed E-state index contributed by atoms with van der Waals surface area (Å²) >= 11 is 0. The quantitative estimate of drug-likeness (QED) is 0.733. The Balaban J connectivity index is 1.70. The van der Waals surface area contributed by atoms with Gasteiger partial charge in [-0.1, -0.05) is 6.92 Å². The van der Waals surface area contributed by atoms with E-state index in [4.69, 9.17) is 0 Å². The molecule has 1 aliphatic carbocycles. The number of hydrogen-bond acceptors (Lipinski definition) is 2. The molecule has 3 heteroatoms. The summed E-state index contributed by atoms with van der Waals surface area (Å²) in [4.78, 5) is 11.8. The summed E-state index contributed by atoms with van der Waals surface area (Å²) in [5.74, 6) is 2.11. The normalized spacial score (nSPS) is 39.9. The van der Waals surface area contributed by atoms with Crippen molar-refractivity contribution < 1.29 is 4.79 Å². The Bertz CT molecular complexity index is 242. The summed E-state index contributed by atoms with van der Waals surface area (Å²) in [6.45, 7) is 6.29. The van der Waals surface area contributed by atoms with Gasteiger partial charge in [0.2, 0.25) is 5.91 Å². The van der Waals surface area contributed by atoms with E-state index < -0.39 is 0 Å². The third-order valence-corrected chi connectivity index (χ3v) is 3.81. The Morgan fingerprint density at radius 1 is 1.40 bits per heavy atom. The van der Waals surface area contributed by atoms with Gasteiger partial charge in [0.05, 0.1) is 0 Å². The van der Waals surface area contributed by atoms with Crippen molar-refractivity contribution in [3.63, 3.8) is 0 Å². The van der Waals surface area contributed by atoms with Crippen LogP contribution >= 0.6 is 0 Å². The van der Waals surface area contributed by atoms with E-state index >= 15 is 0 Å². The van der Waals surface area contributed by atoms with Crippen molar-refractivity contribution in [2.75, 3.05) is 13.1 Å². The summed E-state index contributed by atoms with van der Waals surface area (Å²) in [5, 5.41) is 6.47. The molecule has 0 spiro atoms. The van der Waals surface area contributed by atoms with Crippen LogP contribution < -0.4 is 10.6 Å². The molecule has 2 rings (SSSR count). The van der Waals surface area contributed by atoms with Gasteiger partial charge in [-0.3, -0.25) is 4.79 Å². The minimum atomic E-state index is 0.246. The van der Waals surface area contributed by atoms with Gasteiger partial charge in [-0.15, -0.1) is 0 Å². The molecule has 0 aromatic rings. The van der Waals surface area contributed by atoms with Crippen molar-refractivity contribution in [3.8, 4) is 0 Å². The van der Waals surface area contributed by atoms with Gasteiger partial charge in [-0.05, 0) is 44.6 Å². The monoisotopic (exact) mass is 210 g/mol. The molecule has 2 N–H and O–H groups in total. The predicted molar refractivity (Wildman–Crippen MR) is 60.5 cm³/mol. The number of carbonyl (C=O) groups excluding carboxylic acids is 1. The number of piperidine rings is 1. The molecule has 0 aromatic heterocycles. The molecule has 1 saturated carbocycles. The minimum absolute atomic E-state index is 0.246. The van der Waals surface area contributed by atoms with Crippen LogP contribution in [0.3, 0.4) is 0 Å². The molecular formula is C12H22N2O. The minimum Gasteiger partial charge on any atom is -0.356 e. The average Bonchev–Trinajstić information content (AvgIpc) is 2.91. The highest BCUT2D eigenvalue weighted by Crippen LogP contribution is 2.36. The molecule has 86 valence electrons. The van der Waals surface area contributed by atoms with E-state index in [0.29, 0.717) is 6.04 Å². The van der Waals surface area contributed by atoms with Crippen LogP contribution in [0.2, 0.25) is 0 Å². The SMILES string of the molecule is CC1CC1CNC(=O)[C@H]1CCN[C@@H](C)C1. The first-order chi connectivity index (χ1) is 7.16. The van der Waals surface area contributed by atoms with Crippen molar-refractivity contribution in [2.45, 2.75) is 39.2 Å². The lowest BCUT2D eigenvalue weighted by Gasteiger charge is -2.27. The maximum Gasteiger partial charge on any atom is 0.223 e. The molecular weight excluding hydrogens is 188 g/mol. The van der Waals surface area contributed by atoms with Crippen LogP contribution in [0.15, 0.2) is 0 Å². The maximum atomic E-state index is 11.8. The summed E-state index contributed by atoms with van der Waals surface area (Å²) < 4.78 is 0. The van der Waals surface area contributed by atoms with E-state index in [1.807, 2.05) is 0 Å². The zero-order chi connectivity index (χ0) is 10.8. The van der Waals surface area contributed by atoms with Gasteiger partial charge in [0, 0.05) is 18.5 Å². The molecule has 0 aromatic carbocycles. The molecule has 1 aliphatic heterocycles. The smallest absolute Gasteiger partial charge is 0.223 e. The molecule has 1 amide bonds. The van der Waals surface area contributed by atoms with Crippen LogP contribution in [0.4, 0.5) is 0 Å². The fraction of sp³-hybridized carbons (Fsp3) is 0.917. The summed E-state index contributed by atoms with van der Waals surface area (Å²) in [6, 6.07) is 0.495. The lowest BCUT2D eigenvalue weighted by atomic mass is 9.92. The van der Waals surface area contributed by atoms with E-state index in [9.17, 15) is 4.79 Å². The van der Waals surface area contributed by atoms with Crippen molar-refractivity contribution in [2.24, 2.45) is 17.8 Å². The van der Waals surface area contributed by atoms with E-state index in [1.165, 1.54) is 6.42 Å². The van der Waals surface area contributed by atoms with Gasteiger partial charge < -0.3 is 10.6 Å². The highest BCUT2D eigenvalue weighted by Gasteiger charge is 2.33. The van der Waals surface area contributed by atoms with Crippen molar-refractivity contribution in [1.29, 1.82) is 0 Å². The van der Waals surface area contributed by atoms with Crippen molar-refractivity contribution in [1.82, 2.24) is 10.6 Å². The summed E-state index contributed by atoms with van der Waals surface area (Å²) in [5.41, 5.74) is 0. The number of hydrogen-bond donors (Lipinski definition) is 2. The Hall–Kier alpha value is -0.570. The van der Waals surface area contributed by atoms with Crippen LogP contribution in [-0.4, -0.2) is 25.0 Å². The second-order valence-electron chi connectivity index (χ2n) is 5.29. The van der Waals surface area contributed by atoms with Gasteiger partial charge in [0.1, 0.15) is 0 Å².